The second-order valence-corrected chi connectivity index (χ2v) is 5.34. The van der Waals surface area contributed by atoms with E-state index in [0.29, 0.717) is 5.20 Å². The third-order valence-electron chi connectivity index (χ3n) is 4.00. The monoisotopic (exact) mass is 244 g/mol. The third kappa shape index (κ3) is 2.15. The predicted octanol–water partition coefficient (Wildman–Crippen LogP) is 3.40. The van der Waals surface area contributed by atoms with E-state index in [1.165, 1.54) is 23.7 Å². The van der Waals surface area contributed by atoms with E-state index in [0.717, 1.165) is 0 Å². The summed E-state index contributed by atoms with van der Waals surface area (Å²) in [5, 5.41) is 0.562. The number of carbonyl (C=O) groups excluding carboxylic acids is 1. The van der Waals surface area contributed by atoms with Crippen LogP contribution in [-0.4, -0.2) is 5.20 Å². The molecule has 0 saturated heterocycles. The molecule has 0 N–H and O–H groups in total. The van der Waals surface area contributed by atoms with Gasteiger partial charge in [0.2, 0.25) is 0 Å². The van der Waals surface area contributed by atoms with Crippen LogP contribution < -0.4 is 0 Å². The molecule has 0 aromatic carbocycles. The molecule has 0 aliphatic heterocycles. The summed E-state index contributed by atoms with van der Waals surface area (Å²) in [5.74, 6) is 4.71. The van der Waals surface area contributed by atoms with Crippen molar-refractivity contribution >= 4 is 21.1 Å². The van der Waals surface area contributed by atoms with Crippen LogP contribution in [-0.2, 0) is 4.79 Å². The van der Waals surface area contributed by atoms with Gasteiger partial charge in [0.1, 0.15) is 0 Å². The van der Waals surface area contributed by atoms with Gasteiger partial charge in [0.05, 0.1) is 0 Å². The van der Waals surface area contributed by atoms with Crippen molar-refractivity contribution in [3.05, 3.63) is 0 Å². The number of carbonyl (C=O) groups is 1. The van der Waals surface area contributed by atoms with Crippen LogP contribution in [0.2, 0.25) is 0 Å². The van der Waals surface area contributed by atoms with Gasteiger partial charge in [-0.25, -0.2) is 0 Å². The van der Waals surface area contributed by atoms with Gasteiger partial charge in [0.15, 0.2) is 5.20 Å². The predicted molar refractivity (Wildman–Crippen MR) is 57.3 cm³/mol. The van der Waals surface area contributed by atoms with Crippen LogP contribution >= 0.6 is 15.9 Å². The van der Waals surface area contributed by atoms with Crippen molar-refractivity contribution in [3.63, 3.8) is 0 Å². The second-order valence-electron chi connectivity index (χ2n) is 4.97. The van der Waals surface area contributed by atoms with Gasteiger partial charge in [0.25, 0.3) is 0 Å². The Morgan fingerprint density at radius 2 is 0.923 bits per heavy atom. The lowest BCUT2D eigenvalue weighted by Gasteiger charge is -2.49. The standard InChI is InChI=1S/C10H16.CHBrO/c1-7-2-9-4-8(1)5-10(3-7)6-9;2-1-3/h7-10H,1-6H2;1H. The average Bonchev–Trinajstić information content (AvgIpc) is 2.01. The fourth-order valence-electron chi connectivity index (χ4n) is 3.98. The quantitative estimate of drug-likeness (QED) is 0.472. The Hall–Kier alpha value is 0.150. The summed E-state index contributed by atoms with van der Waals surface area (Å²) in [6.45, 7) is 0. The van der Waals surface area contributed by atoms with E-state index in [2.05, 4.69) is 15.9 Å². The molecule has 13 heavy (non-hydrogen) atoms. The van der Waals surface area contributed by atoms with Gasteiger partial charge in [-0.15, -0.1) is 0 Å². The van der Waals surface area contributed by atoms with E-state index in [1.807, 2.05) is 0 Å². The summed E-state index contributed by atoms with van der Waals surface area (Å²) in [6.07, 6.45) is 9.62. The molecule has 0 atom stereocenters. The molecular weight excluding hydrogens is 228 g/mol. The summed E-state index contributed by atoms with van der Waals surface area (Å²) in [6, 6.07) is 0. The zero-order chi connectivity index (χ0) is 9.26. The van der Waals surface area contributed by atoms with Crippen molar-refractivity contribution in [1.82, 2.24) is 0 Å². The van der Waals surface area contributed by atoms with Crippen molar-refractivity contribution in [3.8, 4) is 0 Å². The van der Waals surface area contributed by atoms with Gasteiger partial charge in [-0.2, -0.15) is 0 Å². The molecule has 74 valence electrons. The lowest BCUT2D eigenvalue weighted by Crippen LogP contribution is -2.38. The maximum Gasteiger partial charge on any atom is 0.185 e. The number of rotatable bonds is 0. The van der Waals surface area contributed by atoms with E-state index in [9.17, 15) is 0 Å². The van der Waals surface area contributed by atoms with Crippen LogP contribution in [0.4, 0.5) is 0 Å². The lowest BCUT2D eigenvalue weighted by molar-refractivity contribution is 0.0198. The topological polar surface area (TPSA) is 17.1 Å². The molecule has 4 saturated carbocycles. The highest BCUT2D eigenvalue weighted by Crippen LogP contribution is 2.53. The van der Waals surface area contributed by atoms with Gasteiger partial charge >= 0.3 is 0 Å². The fourth-order valence-corrected chi connectivity index (χ4v) is 3.98. The molecular formula is C11H17BrO. The molecule has 0 amide bonds. The van der Waals surface area contributed by atoms with E-state index < -0.39 is 0 Å². The highest BCUT2D eigenvalue weighted by atomic mass is 79.9. The number of halogens is 1. The average molecular weight is 245 g/mol. The molecule has 0 aromatic rings. The number of hydrogen-bond acceptors (Lipinski definition) is 1. The Balaban J connectivity index is 0.000000196. The zero-order valence-electron chi connectivity index (χ0n) is 7.92. The minimum Gasteiger partial charge on any atom is -0.290 e. The molecule has 0 heterocycles. The van der Waals surface area contributed by atoms with Gasteiger partial charge < -0.3 is 0 Å². The maximum absolute atomic E-state index is 8.72. The Bertz CT molecular complexity index is 134. The first-order valence-corrected chi connectivity index (χ1v) is 6.27. The van der Waals surface area contributed by atoms with Gasteiger partial charge in [-0.05, 0) is 78.1 Å². The van der Waals surface area contributed by atoms with E-state index in [1.54, 1.807) is 38.5 Å². The van der Waals surface area contributed by atoms with Crippen LogP contribution in [0.3, 0.4) is 0 Å². The molecule has 0 radical (unpaired) electrons. The largest absolute Gasteiger partial charge is 0.290 e. The molecule has 4 aliphatic rings. The summed E-state index contributed by atoms with van der Waals surface area (Å²) in [7, 11) is 0. The van der Waals surface area contributed by atoms with Gasteiger partial charge in [0, 0.05) is 0 Å². The molecule has 0 unspecified atom stereocenters. The summed E-state index contributed by atoms with van der Waals surface area (Å²) in [5.41, 5.74) is 0. The number of hydrogen-bond donors (Lipinski definition) is 0. The highest BCUT2D eigenvalue weighted by Gasteiger charge is 2.41. The van der Waals surface area contributed by atoms with Gasteiger partial charge in [-0.1, -0.05) is 0 Å². The summed E-state index contributed by atoms with van der Waals surface area (Å²) in [4.78, 5) is 8.72. The molecule has 0 spiro atoms. The van der Waals surface area contributed by atoms with Crippen LogP contribution in [0.15, 0.2) is 0 Å². The molecule has 4 bridgehead atoms. The van der Waals surface area contributed by atoms with Crippen LogP contribution in [0.25, 0.3) is 0 Å². The molecule has 4 fully saturated rings. The van der Waals surface area contributed by atoms with Crippen molar-refractivity contribution in [2.75, 3.05) is 0 Å². The lowest BCUT2D eigenvalue weighted by atomic mass is 9.56. The van der Waals surface area contributed by atoms with Crippen molar-refractivity contribution in [1.29, 1.82) is 0 Å². The Kier molecular flexibility index (Phi) is 3.07. The smallest absolute Gasteiger partial charge is 0.185 e. The van der Waals surface area contributed by atoms with Crippen LogP contribution in [0, 0.1) is 23.7 Å². The van der Waals surface area contributed by atoms with E-state index in [4.69, 9.17) is 4.79 Å². The van der Waals surface area contributed by atoms with Crippen molar-refractivity contribution in [2.24, 2.45) is 23.7 Å². The minimum atomic E-state index is 0.562. The SMILES string of the molecule is C1C2CC3CC1CC(C2)C3.O=CBr. The zero-order valence-corrected chi connectivity index (χ0v) is 9.50. The molecule has 4 aliphatic carbocycles. The van der Waals surface area contributed by atoms with Crippen LogP contribution in [0.1, 0.15) is 38.5 Å². The normalized spacial score (nSPS) is 45.3. The van der Waals surface area contributed by atoms with Crippen LogP contribution in [0.5, 0.6) is 0 Å². The van der Waals surface area contributed by atoms with Crippen molar-refractivity contribution in [2.45, 2.75) is 38.5 Å². The Labute approximate surface area is 88.4 Å². The first-order valence-electron chi connectivity index (χ1n) is 5.35. The fraction of sp³-hybridized carbons (Fsp3) is 0.909. The van der Waals surface area contributed by atoms with E-state index >= 15 is 0 Å². The van der Waals surface area contributed by atoms with Crippen molar-refractivity contribution < 1.29 is 4.79 Å². The Morgan fingerprint density at radius 1 is 0.769 bits per heavy atom. The van der Waals surface area contributed by atoms with Gasteiger partial charge in [-0.3, -0.25) is 4.79 Å². The molecule has 0 aromatic heterocycles. The summed E-state index contributed by atoms with van der Waals surface area (Å²) < 4.78 is 0. The molecule has 1 nitrogen and oxygen atoms in total. The van der Waals surface area contributed by atoms with E-state index in [-0.39, 0.29) is 0 Å². The second kappa shape index (κ2) is 4.12. The summed E-state index contributed by atoms with van der Waals surface area (Å²) >= 11 is 2.47. The molecule has 4 rings (SSSR count). The Morgan fingerprint density at radius 3 is 1.08 bits per heavy atom. The molecule has 2 heteroatoms. The third-order valence-corrected chi connectivity index (χ3v) is 4.00. The first-order chi connectivity index (χ1) is 6.31. The minimum absolute atomic E-state index is 0.562. The maximum atomic E-state index is 8.72. The first kappa shape index (κ1) is 9.70. The highest BCUT2D eigenvalue weighted by molar-refractivity contribution is 9.17.